The number of rotatable bonds is 4. The van der Waals surface area contributed by atoms with Crippen LogP contribution in [0.2, 0.25) is 0 Å². The maximum atomic E-state index is 14.0. The van der Waals surface area contributed by atoms with Crippen LogP contribution in [0.3, 0.4) is 0 Å². The SMILES string of the molecule is CC(C)(C)OC(=O)N1CCCC[C@@H]1C(=O)N[C@H]1CC[C@]2(C)[C@H]3C[C@@H](O)[C@@H]4[C@@H]([C@]5(C)CC[C@H](C(C)(C)O)O5)CC[C@@]4(C)[C@]3(C)CC[C@H]2C1(C)C. The molecule has 0 bridgehead atoms. The Balaban J connectivity index is 1.20. The first-order valence-corrected chi connectivity index (χ1v) is 19.9. The van der Waals surface area contributed by atoms with Crippen LogP contribution in [-0.2, 0) is 14.3 Å². The predicted molar refractivity (Wildman–Crippen MR) is 192 cm³/mol. The van der Waals surface area contributed by atoms with Gasteiger partial charge < -0.3 is 25.0 Å². The van der Waals surface area contributed by atoms with Crippen LogP contribution in [0.4, 0.5) is 4.79 Å². The third-order valence-corrected chi connectivity index (χ3v) is 16.1. The molecule has 280 valence electrons. The first-order chi connectivity index (χ1) is 22.5. The number of carbonyl (C=O) groups excluding carboxylic acids is 2. The van der Waals surface area contributed by atoms with E-state index in [0.29, 0.717) is 24.8 Å². The van der Waals surface area contributed by atoms with Gasteiger partial charge in [0.25, 0.3) is 0 Å². The fourth-order valence-electron chi connectivity index (χ4n) is 13.4. The van der Waals surface area contributed by atoms with Crippen LogP contribution in [0.25, 0.3) is 0 Å². The van der Waals surface area contributed by atoms with Crippen molar-refractivity contribution in [1.82, 2.24) is 10.2 Å². The number of ether oxygens (including phenoxy) is 2. The van der Waals surface area contributed by atoms with Crippen molar-refractivity contribution in [2.75, 3.05) is 6.54 Å². The highest BCUT2D eigenvalue weighted by Crippen LogP contribution is 2.76. The monoisotopic (exact) mass is 687 g/mol. The van der Waals surface area contributed by atoms with Gasteiger partial charge in [-0.25, -0.2) is 4.79 Å². The highest BCUT2D eigenvalue weighted by molar-refractivity contribution is 5.86. The number of likely N-dealkylation sites (tertiary alicyclic amines) is 1. The van der Waals surface area contributed by atoms with Gasteiger partial charge in [-0.15, -0.1) is 0 Å². The maximum absolute atomic E-state index is 14.0. The van der Waals surface area contributed by atoms with E-state index in [4.69, 9.17) is 9.47 Å². The summed E-state index contributed by atoms with van der Waals surface area (Å²) >= 11 is 0. The Hall–Kier alpha value is -1.38. The molecule has 3 N–H and O–H groups in total. The molecule has 0 unspecified atom stereocenters. The lowest BCUT2D eigenvalue weighted by atomic mass is 9.35. The Morgan fingerprint density at radius 3 is 2.14 bits per heavy atom. The number of hydrogen-bond donors (Lipinski definition) is 3. The van der Waals surface area contributed by atoms with Gasteiger partial charge in [0.2, 0.25) is 5.91 Å². The maximum Gasteiger partial charge on any atom is 0.410 e. The number of aliphatic hydroxyl groups is 2. The lowest BCUT2D eigenvalue weighted by molar-refractivity contribution is -0.240. The van der Waals surface area contributed by atoms with Gasteiger partial charge in [-0.2, -0.15) is 0 Å². The van der Waals surface area contributed by atoms with E-state index in [1.165, 1.54) is 0 Å². The van der Waals surface area contributed by atoms with Gasteiger partial charge in [-0.3, -0.25) is 9.69 Å². The Morgan fingerprint density at radius 2 is 1.51 bits per heavy atom. The van der Waals surface area contributed by atoms with Crippen molar-refractivity contribution >= 4 is 12.0 Å². The van der Waals surface area contributed by atoms with E-state index < -0.39 is 23.3 Å². The van der Waals surface area contributed by atoms with Crippen molar-refractivity contribution in [1.29, 1.82) is 0 Å². The molecule has 4 saturated carbocycles. The Morgan fingerprint density at radius 1 is 0.837 bits per heavy atom. The largest absolute Gasteiger partial charge is 0.444 e. The standard InChI is InChI=1S/C41H70N2O6/c1-35(2,3)49-34(46)43-23-13-12-14-26(43)33(45)42-30-17-19-38(8)28(36(30,4)5)16-21-39(9)29(38)24-27(44)32-25(15-20-40(32,39)10)41(11)22-18-31(48-41)37(6,7)47/h25-32,44,47H,12-24H2,1-11H3,(H,42,45)/t25-,26+,27+,28-,29+,30-,31+,32-,38-,39+,40+,41-/m0/s1. The zero-order valence-corrected chi connectivity index (χ0v) is 32.8. The zero-order valence-electron chi connectivity index (χ0n) is 32.8. The minimum Gasteiger partial charge on any atom is -0.444 e. The number of carbonyl (C=O) groups is 2. The van der Waals surface area contributed by atoms with E-state index in [1.54, 1.807) is 4.90 Å². The highest BCUT2D eigenvalue weighted by atomic mass is 16.6. The molecule has 6 aliphatic rings. The molecule has 4 aliphatic carbocycles. The molecular formula is C41H70N2O6. The van der Waals surface area contributed by atoms with Crippen molar-refractivity contribution in [2.45, 2.75) is 194 Å². The number of hydrogen-bond acceptors (Lipinski definition) is 6. The molecule has 0 radical (unpaired) electrons. The molecule has 2 aliphatic heterocycles. The molecule has 2 saturated heterocycles. The van der Waals surface area contributed by atoms with Crippen LogP contribution >= 0.6 is 0 Å². The Kier molecular flexibility index (Phi) is 9.22. The van der Waals surface area contributed by atoms with E-state index >= 15 is 0 Å². The van der Waals surface area contributed by atoms with Crippen molar-refractivity contribution < 1.29 is 29.3 Å². The van der Waals surface area contributed by atoms with Crippen LogP contribution in [-0.4, -0.2) is 74.8 Å². The van der Waals surface area contributed by atoms with Gasteiger partial charge in [0.15, 0.2) is 0 Å². The van der Waals surface area contributed by atoms with E-state index in [1.807, 2.05) is 34.6 Å². The minimum absolute atomic E-state index is 0.00841. The molecule has 6 rings (SSSR count). The molecule has 49 heavy (non-hydrogen) atoms. The lowest BCUT2D eigenvalue weighted by Gasteiger charge is -2.71. The van der Waals surface area contributed by atoms with Crippen molar-refractivity contribution in [3.63, 3.8) is 0 Å². The summed E-state index contributed by atoms with van der Waals surface area (Å²) < 4.78 is 12.5. The number of nitrogens with zero attached hydrogens (tertiary/aromatic N) is 1. The van der Waals surface area contributed by atoms with Gasteiger partial charge in [-0.1, -0.05) is 34.6 Å². The summed E-state index contributed by atoms with van der Waals surface area (Å²) in [5.74, 6) is 1.24. The third-order valence-electron chi connectivity index (χ3n) is 16.1. The summed E-state index contributed by atoms with van der Waals surface area (Å²) in [6.07, 6.45) is 10.5. The topological polar surface area (TPSA) is 108 Å². The minimum atomic E-state index is -0.867. The number of amides is 2. The van der Waals surface area contributed by atoms with Gasteiger partial charge >= 0.3 is 6.09 Å². The van der Waals surface area contributed by atoms with Crippen LogP contribution in [0.5, 0.6) is 0 Å². The smallest absolute Gasteiger partial charge is 0.410 e. The predicted octanol–water partition coefficient (Wildman–Crippen LogP) is 7.63. The molecule has 12 atom stereocenters. The molecule has 0 aromatic rings. The summed E-state index contributed by atoms with van der Waals surface area (Å²) in [4.78, 5) is 28.8. The molecule has 0 aromatic heterocycles. The molecule has 0 spiro atoms. The summed E-state index contributed by atoms with van der Waals surface area (Å²) in [6.45, 7) is 24.4. The Bertz CT molecular complexity index is 1290. The average molecular weight is 687 g/mol. The second-order valence-corrected chi connectivity index (χ2v) is 20.7. The van der Waals surface area contributed by atoms with E-state index in [-0.39, 0.29) is 63.3 Å². The van der Waals surface area contributed by atoms with Gasteiger partial charge in [0.05, 0.1) is 23.4 Å². The second-order valence-electron chi connectivity index (χ2n) is 20.7. The summed E-state index contributed by atoms with van der Waals surface area (Å²) in [5.41, 5.74) is -1.77. The highest BCUT2D eigenvalue weighted by Gasteiger charge is 2.72. The van der Waals surface area contributed by atoms with Crippen molar-refractivity contribution in [2.24, 2.45) is 45.3 Å². The summed E-state index contributed by atoms with van der Waals surface area (Å²) in [5, 5.41) is 26.5. The van der Waals surface area contributed by atoms with Crippen molar-refractivity contribution in [3.8, 4) is 0 Å². The fraction of sp³-hybridized carbons (Fsp3) is 0.951. The molecular weight excluding hydrogens is 616 g/mol. The molecule has 8 heteroatoms. The van der Waals surface area contributed by atoms with Crippen LogP contribution in [0.1, 0.15) is 153 Å². The molecule has 2 amide bonds. The Labute approximate surface area is 297 Å². The second kappa shape index (κ2) is 12.1. The number of fused-ring (bicyclic) bond motifs is 5. The van der Waals surface area contributed by atoms with Gasteiger partial charge in [0, 0.05) is 12.6 Å². The lowest BCUT2D eigenvalue weighted by Crippen LogP contribution is -2.68. The molecule has 2 heterocycles. The van der Waals surface area contributed by atoms with Crippen molar-refractivity contribution in [3.05, 3.63) is 0 Å². The normalized spacial score (nSPS) is 46.8. The average Bonchev–Trinajstić information content (AvgIpc) is 3.58. The fourth-order valence-corrected chi connectivity index (χ4v) is 13.4. The molecule has 0 aromatic carbocycles. The number of piperidine rings is 1. The first kappa shape index (κ1) is 37.4. The molecule has 6 fully saturated rings. The summed E-state index contributed by atoms with van der Waals surface area (Å²) in [7, 11) is 0. The number of nitrogens with one attached hydrogen (secondary N) is 1. The van der Waals surface area contributed by atoms with E-state index in [9.17, 15) is 19.8 Å². The van der Waals surface area contributed by atoms with Gasteiger partial charge in [0.1, 0.15) is 11.6 Å². The zero-order chi connectivity index (χ0) is 36.2. The molecule has 8 nitrogen and oxygen atoms in total. The van der Waals surface area contributed by atoms with E-state index in [0.717, 1.165) is 70.6 Å². The summed E-state index contributed by atoms with van der Waals surface area (Å²) in [6, 6.07) is -0.465. The number of aliphatic hydroxyl groups excluding tert-OH is 1. The quantitative estimate of drug-likeness (QED) is 0.281. The van der Waals surface area contributed by atoms with Crippen LogP contribution in [0, 0.1) is 45.3 Å². The van der Waals surface area contributed by atoms with Crippen LogP contribution in [0.15, 0.2) is 0 Å². The van der Waals surface area contributed by atoms with Gasteiger partial charge in [-0.05, 0) is 164 Å². The first-order valence-electron chi connectivity index (χ1n) is 19.9. The van der Waals surface area contributed by atoms with Crippen LogP contribution < -0.4 is 5.32 Å². The third kappa shape index (κ3) is 5.98. The van der Waals surface area contributed by atoms with E-state index in [2.05, 4.69) is 46.9 Å².